The minimum Gasteiger partial charge on any atom is -0.495 e. The van der Waals surface area contributed by atoms with Crippen LogP contribution in [0.15, 0.2) is 24.3 Å². The van der Waals surface area contributed by atoms with Gasteiger partial charge in [-0.1, -0.05) is 19.1 Å². The van der Waals surface area contributed by atoms with Crippen molar-refractivity contribution in [2.75, 3.05) is 25.3 Å². The van der Waals surface area contributed by atoms with Crippen LogP contribution in [0.5, 0.6) is 5.75 Å². The Morgan fingerprint density at radius 2 is 2.16 bits per heavy atom. The molecule has 0 bridgehead atoms. The first kappa shape index (κ1) is 14.1. The number of methoxy groups -OCH3 is 2. The third-order valence-electron chi connectivity index (χ3n) is 3.57. The molecule has 4 nitrogen and oxygen atoms in total. The van der Waals surface area contributed by atoms with E-state index in [2.05, 4.69) is 12.2 Å². The highest BCUT2D eigenvalue weighted by Gasteiger charge is 2.49. The highest BCUT2D eigenvalue weighted by Crippen LogP contribution is 2.40. The molecule has 2 rings (SSSR count). The first-order valence-corrected chi connectivity index (χ1v) is 7.30. The van der Waals surface area contributed by atoms with Crippen molar-refractivity contribution >= 4 is 23.4 Å². The molecule has 5 heteroatoms. The van der Waals surface area contributed by atoms with Gasteiger partial charge in [0.05, 0.1) is 19.9 Å². The second-order valence-corrected chi connectivity index (χ2v) is 6.00. The van der Waals surface area contributed by atoms with E-state index < -0.39 is 5.54 Å². The molecule has 1 aromatic carbocycles. The summed E-state index contributed by atoms with van der Waals surface area (Å²) in [5.74, 6) is 1.46. The molecule has 1 heterocycles. The molecule has 2 atom stereocenters. The van der Waals surface area contributed by atoms with Crippen LogP contribution in [0.4, 0.5) is 5.69 Å². The van der Waals surface area contributed by atoms with Crippen molar-refractivity contribution in [1.29, 1.82) is 0 Å². The average Bonchev–Trinajstić information content (AvgIpc) is 2.81. The van der Waals surface area contributed by atoms with Crippen LogP contribution in [-0.4, -0.2) is 36.7 Å². The number of benzene rings is 1. The molecule has 1 aliphatic heterocycles. The van der Waals surface area contributed by atoms with Gasteiger partial charge in [-0.2, -0.15) is 11.8 Å². The van der Waals surface area contributed by atoms with E-state index in [1.807, 2.05) is 24.3 Å². The van der Waals surface area contributed by atoms with E-state index in [1.165, 1.54) is 7.11 Å². The molecule has 104 valence electrons. The third-order valence-corrected chi connectivity index (χ3v) is 4.91. The Bertz CT molecular complexity index is 466. The van der Waals surface area contributed by atoms with Crippen LogP contribution in [-0.2, 0) is 9.53 Å². The molecule has 1 aromatic rings. The van der Waals surface area contributed by atoms with Crippen LogP contribution in [0.25, 0.3) is 0 Å². The van der Waals surface area contributed by atoms with E-state index in [9.17, 15) is 4.79 Å². The van der Waals surface area contributed by atoms with Gasteiger partial charge in [0.2, 0.25) is 0 Å². The minimum atomic E-state index is -0.673. The Labute approximate surface area is 117 Å². The summed E-state index contributed by atoms with van der Waals surface area (Å²) in [4.78, 5) is 12.2. The normalized spacial score (nSPS) is 25.9. The van der Waals surface area contributed by atoms with Gasteiger partial charge >= 0.3 is 5.97 Å². The minimum absolute atomic E-state index is 0.157. The molecule has 1 aliphatic rings. The molecular formula is C14H19NO3S. The predicted octanol–water partition coefficient (Wildman–Crippen LogP) is 2.54. The number of thioether (sulfide) groups is 1. The maximum absolute atomic E-state index is 12.2. The zero-order chi connectivity index (χ0) is 13.9. The second kappa shape index (κ2) is 5.74. The van der Waals surface area contributed by atoms with Crippen molar-refractivity contribution < 1.29 is 14.3 Å². The molecule has 2 unspecified atom stereocenters. The molecule has 0 spiro atoms. The van der Waals surface area contributed by atoms with E-state index in [0.29, 0.717) is 0 Å². The van der Waals surface area contributed by atoms with Gasteiger partial charge in [0, 0.05) is 5.25 Å². The number of anilines is 1. The highest BCUT2D eigenvalue weighted by molar-refractivity contribution is 8.00. The van der Waals surface area contributed by atoms with Crippen molar-refractivity contribution in [1.82, 2.24) is 0 Å². The Balaban J connectivity index is 2.33. The third kappa shape index (κ3) is 2.52. The fraction of sp³-hybridized carbons (Fsp3) is 0.500. The van der Waals surface area contributed by atoms with E-state index >= 15 is 0 Å². The highest BCUT2D eigenvalue weighted by atomic mass is 32.2. The van der Waals surface area contributed by atoms with E-state index in [-0.39, 0.29) is 11.2 Å². The summed E-state index contributed by atoms with van der Waals surface area (Å²) in [7, 11) is 3.06. The number of hydrogen-bond donors (Lipinski definition) is 1. The lowest BCUT2D eigenvalue weighted by Gasteiger charge is -2.32. The average molecular weight is 281 g/mol. The molecule has 0 aliphatic carbocycles. The standard InChI is InChI=1S/C14H19NO3S/c1-10-14(8-9-19-10,13(16)18-3)15-11-6-4-5-7-12(11)17-2/h4-7,10,15H,8-9H2,1-3H3. The number of rotatable bonds is 4. The summed E-state index contributed by atoms with van der Waals surface area (Å²) >= 11 is 1.78. The lowest BCUT2D eigenvalue weighted by Crippen LogP contribution is -2.51. The van der Waals surface area contributed by atoms with Crippen molar-refractivity contribution in [2.45, 2.75) is 24.1 Å². The molecule has 1 fully saturated rings. The summed E-state index contributed by atoms with van der Waals surface area (Å²) in [6, 6.07) is 7.61. The zero-order valence-corrected chi connectivity index (χ0v) is 12.3. The van der Waals surface area contributed by atoms with Crippen molar-refractivity contribution in [3.63, 3.8) is 0 Å². The van der Waals surface area contributed by atoms with Gasteiger partial charge in [-0.05, 0) is 24.3 Å². The van der Waals surface area contributed by atoms with Gasteiger partial charge in [-0.15, -0.1) is 0 Å². The summed E-state index contributed by atoms with van der Waals surface area (Å²) in [5.41, 5.74) is 0.151. The number of esters is 1. The fourth-order valence-corrected chi connectivity index (χ4v) is 3.75. The summed E-state index contributed by atoms with van der Waals surface area (Å²) in [6.45, 7) is 2.05. The molecule has 0 amide bonds. The quantitative estimate of drug-likeness (QED) is 0.859. The SMILES string of the molecule is COC(=O)C1(Nc2ccccc2OC)CCSC1C. The maximum Gasteiger partial charge on any atom is 0.332 e. The van der Waals surface area contributed by atoms with E-state index in [0.717, 1.165) is 23.6 Å². The van der Waals surface area contributed by atoms with Gasteiger partial charge in [0.25, 0.3) is 0 Å². The largest absolute Gasteiger partial charge is 0.495 e. The van der Waals surface area contributed by atoms with Crippen LogP contribution in [0.2, 0.25) is 0 Å². The monoisotopic (exact) mass is 281 g/mol. The van der Waals surface area contributed by atoms with E-state index in [4.69, 9.17) is 9.47 Å². The summed E-state index contributed by atoms with van der Waals surface area (Å²) in [6.07, 6.45) is 0.754. The second-order valence-electron chi connectivity index (χ2n) is 4.55. The topological polar surface area (TPSA) is 47.6 Å². The Morgan fingerprint density at radius 1 is 1.42 bits per heavy atom. The van der Waals surface area contributed by atoms with Crippen LogP contribution in [0.1, 0.15) is 13.3 Å². The van der Waals surface area contributed by atoms with Crippen molar-refractivity contribution in [3.05, 3.63) is 24.3 Å². The Morgan fingerprint density at radius 3 is 2.74 bits per heavy atom. The Hall–Kier alpha value is -1.36. The van der Waals surface area contributed by atoms with Crippen LogP contribution in [0.3, 0.4) is 0 Å². The van der Waals surface area contributed by atoms with Gasteiger partial charge in [-0.25, -0.2) is 4.79 Å². The maximum atomic E-state index is 12.2. The molecule has 0 radical (unpaired) electrons. The Kier molecular flexibility index (Phi) is 4.24. The first-order chi connectivity index (χ1) is 9.14. The number of carbonyl (C=O) groups excluding carboxylic acids is 1. The lowest BCUT2D eigenvalue weighted by atomic mass is 9.92. The molecule has 0 saturated carbocycles. The molecule has 19 heavy (non-hydrogen) atoms. The number of carbonyl (C=O) groups is 1. The number of nitrogens with one attached hydrogen (secondary N) is 1. The fourth-order valence-electron chi connectivity index (χ4n) is 2.40. The van der Waals surface area contributed by atoms with Crippen LogP contribution in [0, 0.1) is 0 Å². The van der Waals surface area contributed by atoms with Gasteiger partial charge in [0.15, 0.2) is 0 Å². The van der Waals surface area contributed by atoms with Crippen molar-refractivity contribution in [2.24, 2.45) is 0 Å². The number of ether oxygens (including phenoxy) is 2. The summed E-state index contributed by atoms with van der Waals surface area (Å²) < 4.78 is 10.3. The predicted molar refractivity (Wildman–Crippen MR) is 77.9 cm³/mol. The van der Waals surface area contributed by atoms with Crippen molar-refractivity contribution in [3.8, 4) is 5.75 Å². The van der Waals surface area contributed by atoms with Gasteiger partial charge < -0.3 is 14.8 Å². The van der Waals surface area contributed by atoms with E-state index in [1.54, 1.807) is 18.9 Å². The molecule has 1 saturated heterocycles. The van der Waals surface area contributed by atoms with Crippen LogP contribution < -0.4 is 10.1 Å². The zero-order valence-electron chi connectivity index (χ0n) is 11.4. The summed E-state index contributed by atoms with van der Waals surface area (Å²) in [5, 5.41) is 3.51. The van der Waals surface area contributed by atoms with Gasteiger partial charge in [0.1, 0.15) is 11.3 Å². The number of hydrogen-bond acceptors (Lipinski definition) is 5. The molecule has 1 N–H and O–H groups in total. The molecule has 0 aromatic heterocycles. The lowest BCUT2D eigenvalue weighted by molar-refractivity contribution is -0.145. The van der Waals surface area contributed by atoms with Crippen LogP contribution >= 0.6 is 11.8 Å². The smallest absolute Gasteiger partial charge is 0.332 e. The first-order valence-electron chi connectivity index (χ1n) is 6.25. The van der Waals surface area contributed by atoms with Gasteiger partial charge in [-0.3, -0.25) is 0 Å². The number of para-hydroxylation sites is 2. The molecular weight excluding hydrogens is 262 g/mol.